The molecule has 1 aromatic carbocycles. The number of hydrogen-bond donors (Lipinski definition) is 1. The van der Waals surface area contributed by atoms with E-state index < -0.39 is 12.1 Å². The number of carbonyl (C=O) groups is 1. The van der Waals surface area contributed by atoms with Crippen LogP contribution in [0.3, 0.4) is 0 Å². The van der Waals surface area contributed by atoms with E-state index in [1.165, 1.54) is 0 Å². The minimum Gasteiger partial charge on any atom is -0.464 e. The second-order valence-corrected chi connectivity index (χ2v) is 3.73. The molecular weight excluding hydrogens is 216 g/mol. The van der Waals surface area contributed by atoms with Crippen LogP contribution < -0.4 is 0 Å². The lowest BCUT2D eigenvalue weighted by Gasteiger charge is -2.14. The molecule has 1 atom stereocenters. The molecule has 0 saturated heterocycles. The number of rotatable bonds is 4. The van der Waals surface area contributed by atoms with Gasteiger partial charge in [0.05, 0.1) is 6.61 Å². The van der Waals surface area contributed by atoms with E-state index in [1.807, 2.05) is 38.1 Å². The van der Waals surface area contributed by atoms with E-state index in [2.05, 4.69) is 0 Å². The van der Waals surface area contributed by atoms with Crippen LogP contribution in [0.4, 0.5) is 0 Å². The van der Waals surface area contributed by atoms with Crippen molar-refractivity contribution in [2.45, 2.75) is 26.9 Å². The van der Waals surface area contributed by atoms with Crippen molar-refractivity contribution >= 4 is 12.0 Å². The van der Waals surface area contributed by atoms with E-state index >= 15 is 0 Å². The minimum atomic E-state index is -1.22. The van der Waals surface area contributed by atoms with Crippen molar-refractivity contribution in [2.75, 3.05) is 6.61 Å². The Bertz CT molecular complexity index is 421. The summed E-state index contributed by atoms with van der Waals surface area (Å²) in [6, 6.07) is 5.50. The van der Waals surface area contributed by atoms with Crippen molar-refractivity contribution in [3.8, 4) is 0 Å². The maximum absolute atomic E-state index is 11.5. The van der Waals surface area contributed by atoms with E-state index in [0.29, 0.717) is 5.56 Å². The van der Waals surface area contributed by atoms with Gasteiger partial charge in [-0.05, 0) is 37.5 Å². The van der Waals surface area contributed by atoms with Crippen molar-refractivity contribution < 1.29 is 14.6 Å². The van der Waals surface area contributed by atoms with Crippen molar-refractivity contribution in [2.24, 2.45) is 0 Å². The molecule has 17 heavy (non-hydrogen) atoms. The predicted molar refractivity (Wildman–Crippen MR) is 67.5 cm³/mol. The molecule has 1 N–H and O–H groups in total. The molecule has 0 spiro atoms. The normalized spacial score (nSPS) is 12.7. The SMILES string of the molecule is CC=Cc1c(C)cccc1C(O)C(=O)OCC. The molecule has 0 amide bonds. The van der Waals surface area contributed by atoms with Crippen LogP contribution in [0.1, 0.15) is 36.6 Å². The first-order valence-corrected chi connectivity index (χ1v) is 5.68. The van der Waals surface area contributed by atoms with Crippen LogP contribution >= 0.6 is 0 Å². The molecule has 1 unspecified atom stereocenters. The fraction of sp³-hybridized carbons (Fsp3) is 0.357. The summed E-state index contributed by atoms with van der Waals surface area (Å²) in [4.78, 5) is 11.5. The lowest BCUT2D eigenvalue weighted by Crippen LogP contribution is -2.16. The van der Waals surface area contributed by atoms with Crippen LogP contribution in [0.2, 0.25) is 0 Å². The standard InChI is InChI=1S/C14H18O3/c1-4-7-11-10(3)8-6-9-12(11)13(15)14(16)17-5-2/h4,6-9,13,15H,5H2,1-3H3. The molecule has 1 rings (SSSR count). The number of hydrogen-bond acceptors (Lipinski definition) is 3. The number of aryl methyl sites for hydroxylation is 1. The summed E-state index contributed by atoms with van der Waals surface area (Å²) >= 11 is 0. The van der Waals surface area contributed by atoms with E-state index in [1.54, 1.807) is 13.0 Å². The van der Waals surface area contributed by atoms with Crippen LogP contribution in [0, 0.1) is 6.92 Å². The highest BCUT2D eigenvalue weighted by Gasteiger charge is 2.21. The fourth-order valence-electron chi connectivity index (χ4n) is 1.68. The lowest BCUT2D eigenvalue weighted by molar-refractivity contribution is -0.153. The maximum atomic E-state index is 11.5. The summed E-state index contributed by atoms with van der Waals surface area (Å²) in [6.45, 7) is 5.82. The smallest absolute Gasteiger partial charge is 0.339 e. The molecular formula is C14H18O3. The lowest BCUT2D eigenvalue weighted by atomic mass is 9.97. The number of allylic oxidation sites excluding steroid dienone is 1. The molecule has 0 bridgehead atoms. The predicted octanol–water partition coefficient (Wildman–Crippen LogP) is 2.62. The highest BCUT2D eigenvalue weighted by molar-refractivity contribution is 5.78. The molecule has 0 aliphatic rings. The second-order valence-electron chi connectivity index (χ2n) is 3.73. The average molecular weight is 234 g/mol. The Morgan fingerprint density at radius 2 is 2.24 bits per heavy atom. The molecule has 3 nitrogen and oxygen atoms in total. The summed E-state index contributed by atoms with van der Waals surface area (Å²) in [5.74, 6) is -0.608. The Morgan fingerprint density at radius 1 is 1.53 bits per heavy atom. The van der Waals surface area contributed by atoms with Crippen molar-refractivity contribution in [3.05, 3.63) is 41.0 Å². The van der Waals surface area contributed by atoms with Crippen LogP contribution in [0.15, 0.2) is 24.3 Å². The number of aliphatic hydroxyl groups excluding tert-OH is 1. The largest absolute Gasteiger partial charge is 0.464 e. The molecule has 0 fully saturated rings. The molecule has 0 heterocycles. The van der Waals surface area contributed by atoms with Crippen LogP contribution in [-0.2, 0) is 9.53 Å². The third-order valence-corrected chi connectivity index (χ3v) is 2.50. The van der Waals surface area contributed by atoms with E-state index in [0.717, 1.165) is 11.1 Å². The molecule has 0 aromatic heterocycles. The summed E-state index contributed by atoms with van der Waals surface area (Å²) in [5.41, 5.74) is 2.47. The Hall–Kier alpha value is -1.61. The minimum absolute atomic E-state index is 0.265. The molecule has 0 aliphatic heterocycles. The Kier molecular flexibility index (Phi) is 4.91. The van der Waals surface area contributed by atoms with E-state index in [9.17, 15) is 9.90 Å². The van der Waals surface area contributed by atoms with Crippen molar-refractivity contribution in [1.82, 2.24) is 0 Å². The topological polar surface area (TPSA) is 46.5 Å². The number of ether oxygens (including phenoxy) is 1. The van der Waals surface area contributed by atoms with Gasteiger partial charge in [0, 0.05) is 0 Å². The number of benzene rings is 1. The molecule has 0 aliphatic carbocycles. The van der Waals surface area contributed by atoms with Gasteiger partial charge in [-0.3, -0.25) is 0 Å². The molecule has 3 heteroatoms. The first kappa shape index (κ1) is 13.5. The van der Waals surface area contributed by atoms with E-state index in [-0.39, 0.29) is 6.61 Å². The molecule has 0 radical (unpaired) electrons. The number of esters is 1. The Morgan fingerprint density at radius 3 is 2.82 bits per heavy atom. The van der Waals surface area contributed by atoms with Crippen molar-refractivity contribution in [1.29, 1.82) is 0 Å². The quantitative estimate of drug-likeness (QED) is 0.815. The van der Waals surface area contributed by atoms with Gasteiger partial charge in [-0.2, -0.15) is 0 Å². The first-order chi connectivity index (χ1) is 8.11. The zero-order valence-electron chi connectivity index (χ0n) is 10.4. The molecule has 92 valence electrons. The van der Waals surface area contributed by atoms with Gasteiger partial charge in [0.25, 0.3) is 0 Å². The zero-order valence-corrected chi connectivity index (χ0v) is 10.4. The maximum Gasteiger partial charge on any atom is 0.339 e. The molecule has 0 saturated carbocycles. The number of aliphatic hydroxyl groups is 1. The molecule has 1 aromatic rings. The summed E-state index contributed by atoms with van der Waals surface area (Å²) in [7, 11) is 0. The van der Waals surface area contributed by atoms with Crippen LogP contribution in [0.5, 0.6) is 0 Å². The fourth-order valence-corrected chi connectivity index (χ4v) is 1.68. The van der Waals surface area contributed by atoms with Gasteiger partial charge >= 0.3 is 5.97 Å². The Labute approximate surface area is 102 Å². The van der Waals surface area contributed by atoms with Gasteiger partial charge in [0.15, 0.2) is 6.10 Å². The summed E-state index contributed by atoms with van der Waals surface area (Å²) in [5, 5.41) is 9.94. The third kappa shape index (κ3) is 3.17. The number of carbonyl (C=O) groups excluding carboxylic acids is 1. The van der Waals surface area contributed by atoms with Crippen molar-refractivity contribution in [3.63, 3.8) is 0 Å². The Balaban J connectivity index is 3.12. The monoisotopic (exact) mass is 234 g/mol. The summed E-state index contributed by atoms with van der Waals surface area (Å²) in [6.07, 6.45) is 2.54. The van der Waals surface area contributed by atoms with Gasteiger partial charge in [-0.15, -0.1) is 0 Å². The first-order valence-electron chi connectivity index (χ1n) is 5.68. The highest BCUT2D eigenvalue weighted by atomic mass is 16.5. The zero-order chi connectivity index (χ0) is 12.8. The second kappa shape index (κ2) is 6.21. The van der Waals surface area contributed by atoms with Crippen LogP contribution in [-0.4, -0.2) is 17.7 Å². The highest BCUT2D eigenvalue weighted by Crippen LogP contribution is 2.23. The van der Waals surface area contributed by atoms with Gasteiger partial charge in [-0.25, -0.2) is 4.79 Å². The summed E-state index contributed by atoms with van der Waals surface area (Å²) < 4.78 is 4.82. The van der Waals surface area contributed by atoms with Gasteiger partial charge in [0.2, 0.25) is 0 Å². The van der Waals surface area contributed by atoms with Gasteiger partial charge < -0.3 is 9.84 Å². The third-order valence-electron chi connectivity index (χ3n) is 2.50. The average Bonchev–Trinajstić information content (AvgIpc) is 2.31. The van der Waals surface area contributed by atoms with Gasteiger partial charge in [0.1, 0.15) is 0 Å². The van der Waals surface area contributed by atoms with E-state index in [4.69, 9.17) is 4.74 Å². The van der Waals surface area contributed by atoms with Crippen LogP contribution in [0.25, 0.3) is 6.08 Å². The van der Waals surface area contributed by atoms with Gasteiger partial charge in [-0.1, -0.05) is 30.4 Å².